The van der Waals surface area contributed by atoms with Crippen LogP contribution >= 0.6 is 23.4 Å². The third-order valence-electron chi connectivity index (χ3n) is 1.77. The van der Waals surface area contributed by atoms with Crippen molar-refractivity contribution >= 4 is 23.4 Å². The number of oxazole rings is 1. The molecule has 1 atom stereocenters. The van der Waals surface area contributed by atoms with Crippen LogP contribution in [-0.4, -0.2) is 16.5 Å². The number of aromatic nitrogens is 1. The van der Waals surface area contributed by atoms with Crippen LogP contribution in [0.15, 0.2) is 10.6 Å². The topological polar surface area (TPSA) is 26.0 Å². The van der Waals surface area contributed by atoms with E-state index in [1.165, 1.54) is 12.2 Å². The molecule has 1 fully saturated rings. The molecule has 60 valence electrons. The molecule has 1 saturated heterocycles. The third kappa shape index (κ3) is 1.54. The van der Waals surface area contributed by atoms with Crippen LogP contribution < -0.4 is 0 Å². The second kappa shape index (κ2) is 3.07. The highest BCUT2D eigenvalue weighted by molar-refractivity contribution is 7.99. The molecule has 0 aliphatic carbocycles. The Balaban J connectivity index is 2.15. The first-order valence-corrected chi connectivity index (χ1v) is 5.08. The lowest BCUT2D eigenvalue weighted by Crippen LogP contribution is -1.95. The summed E-state index contributed by atoms with van der Waals surface area (Å²) in [6.07, 6.45) is 2.74. The van der Waals surface area contributed by atoms with Crippen molar-refractivity contribution in [1.82, 2.24) is 4.98 Å². The lowest BCUT2D eigenvalue weighted by atomic mass is 10.1. The maximum atomic E-state index is 5.60. The first-order chi connectivity index (χ1) is 5.36. The highest BCUT2D eigenvalue weighted by atomic mass is 35.5. The summed E-state index contributed by atoms with van der Waals surface area (Å²) < 4.78 is 5.21. The van der Waals surface area contributed by atoms with E-state index in [0.29, 0.717) is 11.1 Å². The Morgan fingerprint density at radius 1 is 1.73 bits per heavy atom. The molecule has 0 amide bonds. The Kier molecular flexibility index (Phi) is 2.09. The van der Waals surface area contributed by atoms with Gasteiger partial charge in [-0.3, -0.25) is 0 Å². The van der Waals surface area contributed by atoms with E-state index in [2.05, 4.69) is 4.98 Å². The first-order valence-electron chi connectivity index (χ1n) is 3.55. The zero-order valence-electron chi connectivity index (χ0n) is 5.92. The fourth-order valence-corrected chi connectivity index (χ4v) is 2.52. The fraction of sp³-hybridized carbons (Fsp3) is 0.571. The van der Waals surface area contributed by atoms with Crippen LogP contribution in [0, 0.1) is 0 Å². The van der Waals surface area contributed by atoms with Gasteiger partial charge < -0.3 is 4.42 Å². The average molecular weight is 190 g/mol. The van der Waals surface area contributed by atoms with Gasteiger partial charge in [0.1, 0.15) is 0 Å². The summed E-state index contributed by atoms with van der Waals surface area (Å²) in [4.78, 5) is 4.09. The molecule has 0 aromatic carbocycles. The number of rotatable bonds is 1. The molecule has 1 unspecified atom stereocenters. The molecule has 0 spiro atoms. The number of hydrogen-bond acceptors (Lipinski definition) is 3. The minimum atomic E-state index is 0.400. The van der Waals surface area contributed by atoms with E-state index in [9.17, 15) is 0 Å². The zero-order chi connectivity index (χ0) is 7.68. The highest BCUT2D eigenvalue weighted by Gasteiger charge is 2.21. The molecule has 1 aliphatic rings. The van der Waals surface area contributed by atoms with E-state index >= 15 is 0 Å². The molecular weight excluding hydrogens is 182 g/mol. The molecule has 11 heavy (non-hydrogen) atoms. The Morgan fingerprint density at radius 2 is 2.64 bits per heavy atom. The summed E-state index contributed by atoms with van der Waals surface area (Å²) in [5, 5.41) is 0.400. The fourth-order valence-electron chi connectivity index (χ4n) is 1.18. The van der Waals surface area contributed by atoms with Crippen LogP contribution in [0.4, 0.5) is 0 Å². The highest BCUT2D eigenvalue weighted by Crippen LogP contribution is 2.32. The van der Waals surface area contributed by atoms with Crippen molar-refractivity contribution in [1.29, 1.82) is 0 Å². The monoisotopic (exact) mass is 189 g/mol. The molecule has 2 heterocycles. The second-order valence-corrected chi connectivity index (χ2v) is 4.09. The molecule has 2 nitrogen and oxygen atoms in total. The maximum absolute atomic E-state index is 5.60. The summed E-state index contributed by atoms with van der Waals surface area (Å²) in [7, 11) is 0. The van der Waals surface area contributed by atoms with Crippen LogP contribution in [-0.2, 0) is 0 Å². The standard InChI is InChI=1S/C7H8ClNOS/c8-6-3-9-7(10-6)5-1-2-11-4-5/h3,5H,1-2,4H2. The predicted octanol–water partition coefficient (Wildman–Crippen LogP) is 2.55. The zero-order valence-corrected chi connectivity index (χ0v) is 7.49. The van der Waals surface area contributed by atoms with Crippen LogP contribution in [0.2, 0.25) is 5.22 Å². The van der Waals surface area contributed by atoms with Crippen molar-refractivity contribution in [3.8, 4) is 0 Å². The van der Waals surface area contributed by atoms with Gasteiger partial charge in [-0.25, -0.2) is 4.98 Å². The molecule has 1 aliphatic heterocycles. The quantitative estimate of drug-likeness (QED) is 0.679. The molecule has 0 bridgehead atoms. The maximum Gasteiger partial charge on any atom is 0.213 e. The summed E-state index contributed by atoms with van der Waals surface area (Å²) in [5.74, 6) is 3.63. The normalized spacial score (nSPS) is 24.3. The lowest BCUT2D eigenvalue weighted by Gasteiger charge is -1.99. The van der Waals surface area contributed by atoms with Crippen LogP contribution in [0.25, 0.3) is 0 Å². The summed E-state index contributed by atoms with van der Waals surface area (Å²) in [6, 6.07) is 0. The van der Waals surface area contributed by atoms with Gasteiger partial charge in [0, 0.05) is 11.7 Å². The van der Waals surface area contributed by atoms with E-state index in [0.717, 1.165) is 11.6 Å². The Bertz CT molecular complexity index is 244. The average Bonchev–Trinajstić information content (AvgIpc) is 2.55. The van der Waals surface area contributed by atoms with Crippen molar-refractivity contribution < 1.29 is 4.42 Å². The molecule has 0 radical (unpaired) electrons. The van der Waals surface area contributed by atoms with E-state index in [-0.39, 0.29) is 0 Å². The van der Waals surface area contributed by atoms with Gasteiger partial charge in [0.15, 0.2) is 5.89 Å². The lowest BCUT2D eigenvalue weighted by molar-refractivity contribution is 0.463. The van der Waals surface area contributed by atoms with Gasteiger partial charge in [-0.15, -0.1) is 0 Å². The Labute approximate surface area is 74.3 Å². The number of hydrogen-bond donors (Lipinski definition) is 0. The summed E-state index contributed by atoms with van der Waals surface area (Å²) in [5.41, 5.74) is 0. The second-order valence-electron chi connectivity index (χ2n) is 2.56. The van der Waals surface area contributed by atoms with E-state index in [4.69, 9.17) is 16.0 Å². The minimum absolute atomic E-state index is 0.400. The molecule has 4 heteroatoms. The van der Waals surface area contributed by atoms with Gasteiger partial charge in [0.2, 0.25) is 5.22 Å². The van der Waals surface area contributed by atoms with Crippen molar-refractivity contribution in [2.75, 3.05) is 11.5 Å². The molecule has 1 aromatic rings. The Morgan fingerprint density at radius 3 is 3.18 bits per heavy atom. The van der Waals surface area contributed by atoms with Gasteiger partial charge in [-0.05, 0) is 23.8 Å². The van der Waals surface area contributed by atoms with Gasteiger partial charge in [0.05, 0.1) is 6.20 Å². The summed E-state index contributed by atoms with van der Waals surface area (Å²) >= 11 is 7.55. The van der Waals surface area contributed by atoms with Crippen LogP contribution in [0.1, 0.15) is 18.2 Å². The van der Waals surface area contributed by atoms with E-state index in [1.54, 1.807) is 6.20 Å². The largest absolute Gasteiger partial charge is 0.429 e. The van der Waals surface area contributed by atoms with E-state index < -0.39 is 0 Å². The van der Waals surface area contributed by atoms with Crippen LogP contribution in [0.5, 0.6) is 0 Å². The first kappa shape index (κ1) is 7.50. The molecular formula is C7H8ClNOS. The van der Waals surface area contributed by atoms with Gasteiger partial charge >= 0.3 is 0 Å². The third-order valence-corrected chi connectivity index (χ3v) is 3.11. The smallest absolute Gasteiger partial charge is 0.213 e. The SMILES string of the molecule is Clc1cnc(C2CCSC2)o1. The van der Waals surface area contributed by atoms with Crippen molar-refractivity contribution in [2.45, 2.75) is 12.3 Å². The molecule has 2 rings (SSSR count). The van der Waals surface area contributed by atoms with Gasteiger partial charge in [-0.2, -0.15) is 11.8 Å². The molecule has 1 aromatic heterocycles. The van der Waals surface area contributed by atoms with Crippen molar-refractivity contribution in [3.63, 3.8) is 0 Å². The van der Waals surface area contributed by atoms with Gasteiger partial charge in [-0.1, -0.05) is 0 Å². The number of thioether (sulfide) groups is 1. The molecule has 0 N–H and O–H groups in total. The Hall–Kier alpha value is -0.150. The predicted molar refractivity (Wildman–Crippen MR) is 46.2 cm³/mol. The minimum Gasteiger partial charge on any atom is -0.429 e. The van der Waals surface area contributed by atoms with Crippen molar-refractivity contribution in [3.05, 3.63) is 17.3 Å². The number of nitrogens with zero attached hydrogens (tertiary/aromatic N) is 1. The molecule has 0 saturated carbocycles. The van der Waals surface area contributed by atoms with E-state index in [1.807, 2.05) is 11.8 Å². The van der Waals surface area contributed by atoms with Gasteiger partial charge in [0.25, 0.3) is 0 Å². The van der Waals surface area contributed by atoms with Crippen LogP contribution in [0.3, 0.4) is 0 Å². The number of halogens is 1. The summed E-state index contributed by atoms with van der Waals surface area (Å²) in [6.45, 7) is 0. The van der Waals surface area contributed by atoms with Crippen molar-refractivity contribution in [2.24, 2.45) is 0 Å².